The second-order valence-electron chi connectivity index (χ2n) is 21.1. The number of aryl methyl sites for hydroxylation is 2. The van der Waals surface area contributed by atoms with E-state index in [9.17, 15) is 38.7 Å². The molecule has 1 aliphatic carbocycles. The standard InChI is InChI=1S/C55H65N11O8S/c1-5-47(68)57-40-27-33(56-50-55(74)59(3)30-46(58-50)64-21-8-10-42(44(64)31-67)65-24-20-37-36-9-6-7-11-45(36)75-49(37)54(65)73)12-15-41(40)63-26-25-62(29-32(63)2)34-18-22-61(23-19-34)35-13-14-38-39(28-35)52(71)66(51(38)70)43-16-17-48(69)60(4)53(43)72/h5,12-15,27-28,30,32,34,42-44,67H,1,6-11,16-26,29,31H2,2-4H3,(H,56,58)(H,57,68)/t32-,42?,43?,44?/m0/s1. The van der Waals surface area contributed by atoms with Gasteiger partial charge in [-0.05, 0) is 125 Å². The van der Waals surface area contributed by atoms with Crippen LogP contribution in [0.1, 0.15) is 105 Å². The molecule has 2 aromatic carbocycles. The van der Waals surface area contributed by atoms with Crippen LogP contribution in [0.5, 0.6) is 0 Å². The number of aliphatic hydroxyl groups excluding tert-OH is 1. The minimum Gasteiger partial charge on any atom is -0.394 e. The summed E-state index contributed by atoms with van der Waals surface area (Å²) in [6.45, 7) is 10.7. The van der Waals surface area contributed by atoms with Gasteiger partial charge in [0.25, 0.3) is 29.2 Å². The fourth-order valence-corrected chi connectivity index (χ4v) is 14.3. The number of piperazine rings is 1. The van der Waals surface area contributed by atoms with E-state index in [1.54, 1.807) is 36.7 Å². The predicted molar refractivity (Wildman–Crippen MR) is 286 cm³/mol. The quantitative estimate of drug-likeness (QED) is 0.140. The SMILES string of the molecule is C=CC(=O)Nc1cc(Nc2nc(N3CCCC(N4CCc5c(sc6c5CCCC6)C4=O)C3CO)cn(C)c2=O)ccc1N1CCN(C2CCN(c3ccc4c(c3)C(=O)N(C3CCC(=O)N(C)C3=O)C4=O)CC2)C[C@@H]1C. The number of likely N-dealkylation sites (N-methyl/N-ethyl adjacent to an activating group) is 1. The first-order valence-corrected chi connectivity index (χ1v) is 27.4. The minimum absolute atomic E-state index is 0.0575. The summed E-state index contributed by atoms with van der Waals surface area (Å²) in [5, 5.41) is 17.2. The average molecular weight is 1040 g/mol. The van der Waals surface area contributed by atoms with E-state index in [0.717, 1.165) is 104 Å². The van der Waals surface area contributed by atoms with Gasteiger partial charge < -0.3 is 39.9 Å². The maximum atomic E-state index is 14.2. The zero-order chi connectivity index (χ0) is 52.4. The molecule has 6 amide bonds. The molecule has 19 nitrogen and oxygen atoms in total. The number of anilines is 6. The Labute approximate surface area is 439 Å². The van der Waals surface area contributed by atoms with E-state index in [1.807, 2.05) is 34.1 Å². The number of aliphatic hydroxyl groups is 1. The Bertz CT molecular complexity index is 3070. The van der Waals surface area contributed by atoms with Gasteiger partial charge in [-0.15, -0.1) is 11.3 Å². The Morgan fingerprint density at radius 2 is 1.60 bits per heavy atom. The van der Waals surface area contributed by atoms with Crippen LogP contribution in [0.4, 0.5) is 34.4 Å². The van der Waals surface area contributed by atoms with E-state index in [-0.39, 0.29) is 71.8 Å². The summed E-state index contributed by atoms with van der Waals surface area (Å²) in [6.07, 6.45) is 11.7. The van der Waals surface area contributed by atoms with Gasteiger partial charge in [-0.25, -0.2) is 4.98 Å². The van der Waals surface area contributed by atoms with Gasteiger partial charge in [-0.2, -0.15) is 0 Å². The summed E-state index contributed by atoms with van der Waals surface area (Å²) in [5.41, 5.74) is 5.60. The first kappa shape index (κ1) is 50.3. The van der Waals surface area contributed by atoms with Crippen LogP contribution in [0.25, 0.3) is 0 Å². The summed E-state index contributed by atoms with van der Waals surface area (Å²) in [7, 11) is 3.06. The van der Waals surface area contributed by atoms with E-state index < -0.39 is 29.8 Å². The molecule has 0 spiro atoms. The number of benzene rings is 2. The third-order valence-electron chi connectivity index (χ3n) is 16.9. The van der Waals surface area contributed by atoms with Gasteiger partial charge >= 0.3 is 0 Å². The Kier molecular flexibility index (Phi) is 13.6. The highest BCUT2D eigenvalue weighted by Gasteiger charge is 2.47. The average Bonchev–Trinajstić information content (AvgIpc) is 3.93. The largest absolute Gasteiger partial charge is 0.394 e. The number of nitrogens with one attached hydrogen (secondary N) is 2. The predicted octanol–water partition coefficient (Wildman–Crippen LogP) is 4.54. The van der Waals surface area contributed by atoms with Gasteiger partial charge in [0.05, 0.1) is 46.1 Å². The third-order valence-corrected chi connectivity index (χ3v) is 18.2. The molecule has 0 bridgehead atoms. The summed E-state index contributed by atoms with van der Waals surface area (Å²) in [4.78, 5) is 113. The zero-order valence-electron chi connectivity index (χ0n) is 42.9. The van der Waals surface area contributed by atoms with Crippen LogP contribution in [0.15, 0.2) is 60.0 Å². The second kappa shape index (κ2) is 20.3. The van der Waals surface area contributed by atoms with Crippen LogP contribution < -0.4 is 30.9 Å². The molecule has 4 fully saturated rings. The molecular weight excluding hydrogens is 975 g/mol. The van der Waals surface area contributed by atoms with Crippen LogP contribution in [0.3, 0.4) is 0 Å². The van der Waals surface area contributed by atoms with Gasteiger partial charge in [0.1, 0.15) is 11.9 Å². The molecule has 7 aliphatic rings. The first-order valence-electron chi connectivity index (χ1n) is 26.5. The number of piperidine rings is 3. The normalized spacial score (nSPS) is 23.7. The van der Waals surface area contributed by atoms with Gasteiger partial charge in [0.15, 0.2) is 5.82 Å². The fourth-order valence-electron chi connectivity index (χ4n) is 12.9. The number of imide groups is 2. The van der Waals surface area contributed by atoms with Gasteiger partial charge in [0, 0.05) is 101 Å². The topological polar surface area (TPSA) is 204 Å². The molecule has 11 rings (SSSR count). The van der Waals surface area contributed by atoms with E-state index in [1.165, 1.54) is 40.1 Å². The molecule has 0 radical (unpaired) electrons. The highest BCUT2D eigenvalue weighted by Crippen LogP contribution is 2.41. The van der Waals surface area contributed by atoms with Crippen molar-refractivity contribution >= 4 is 81.2 Å². The second-order valence-corrected chi connectivity index (χ2v) is 22.3. The summed E-state index contributed by atoms with van der Waals surface area (Å²) >= 11 is 1.66. The van der Waals surface area contributed by atoms with Crippen LogP contribution in [0, 0.1) is 0 Å². The Morgan fingerprint density at radius 3 is 2.37 bits per heavy atom. The molecule has 4 aromatic rings. The van der Waals surface area contributed by atoms with Crippen LogP contribution in [0.2, 0.25) is 0 Å². The number of amides is 6. The molecule has 3 unspecified atom stereocenters. The maximum absolute atomic E-state index is 14.2. The number of thiophene rings is 1. The summed E-state index contributed by atoms with van der Waals surface area (Å²) in [5.74, 6) is -1.59. The van der Waals surface area contributed by atoms with Gasteiger partial charge in [0.2, 0.25) is 11.8 Å². The number of hydrogen-bond donors (Lipinski definition) is 3. The molecule has 0 saturated carbocycles. The molecule has 75 heavy (non-hydrogen) atoms. The van der Waals surface area contributed by atoms with Crippen LogP contribution in [-0.2, 0) is 40.7 Å². The molecule has 20 heteroatoms. The van der Waals surface area contributed by atoms with Crippen LogP contribution in [-0.4, -0.2) is 159 Å². The number of hydrogen-bond acceptors (Lipinski definition) is 15. The van der Waals surface area contributed by atoms with Crippen molar-refractivity contribution in [1.29, 1.82) is 0 Å². The van der Waals surface area contributed by atoms with Crippen molar-refractivity contribution in [2.24, 2.45) is 7.05 Å². The van der Waals surface area contributed by atoms with Crippen LogP contribution >= 0.6 is 11.3 Å². The molecule has 4 atom stereocenters. The lowest BCUT2D eigenvalue weighted by Gasteiger charge is -2.47. The summed E-state index contributed by atoms with van der Waals surface area (Å²) in [6, 6.07) is 9.69. The van der Waals surface area contributed by atoms with E-state index >= 15 is 0 Å². The van der Waals surface area contributed by atoms with E-state index in [0.29, 0.717) is 42.9 Å². The van der Waals surface area contributed by atoms with Crippen molar-refractivity contribution in [2.45, 2.75) is 108 Å². The molecule has 8 heterocycles. The Hall–Kier alpha value is -6.90. The fraction of sp³-hybridized carbons (Fsp3) is 0.491. The minimum atomic E-state index is -0.997. The molecule has 3 N–H and O–H groups in total. The first-order chi connectivity index (χ1) is 36.2. The maximum Gasteiger partial charge on any atom is 0.293 e. The van der Waals surface area contributed by atoms with Crippen molar-refractivity contribution < 1.29 is 33.9 Å². The lowest BCUT2D eigenvalue weighted by molar-refractivity contribution is -0.149. The van der Waals surface area contributed by atoms with Crippen molar-refractivity contribution in [2.75, 3.05) is 84.8 Å². The Morgan fingerprint density at radius 1 is 0.813 bits per heavy atom. The van der Waals surface area contributed by atoms with Gasteiger partial charge in [-0.1, -0.05) is 6.58 Å². The van der Waals surface area contributed by atoms with Crippen molar-refractivity contribution in [3.8, 4) is 0 Å². The number of carbonyl (C=O) groups excluding carboxylic acids is 6. The third kappa shape index (κ3) is 9.07. The number of rotatable bonds is 11. The monoisotopic (exact) mass is 1040 g/mol. The lowest BCUT2D eigenvalue weighted by Crippen LogP contribution is -2.60. The number of carbonyl (C=O) groups is 6. The number of likely N-dealkylation sites (tertiary alicyclic amines) is 1. The molecule has 394 valence electrons. The Balaban J connectivity index is 0.747. The summed E-state index contributed by atoms with van der Waals surface area (Å²) < 4.78 is 1.48. The van der Waals surface area contributed by atoms with Gasteiger partial charge in [-0.3, -0.25) is 48.3 Å². The van der Waals surface area contributed by atoms with Crippen molar-refractivity contribution in [3.63, 3.8) is 0 Å². The number of aromatic nitrogens is 2. The molecule has 6 aliphatic heterocycles. The van der Waals surface area contributed by atoms with Crippen molar-refractivity contribution in [3.05, 3.63) is 97.6 Å². The molecule has 2 aromatic heterocycles. The van der Waals surface area contributed by atoms with Crippen molar-refractivity contribution in [1.82, 2.24) is 29.2 Å². The highest BCUT2D eigenvalue weighted by molar-refractivity contribution is 7.14. The smallest absolute Gasteiger partial charge is 0.293 e. The van der Waals surface area contributed by atoms with E-state index in [2.05, 4.69) is 38.8 Å². The number of nitrogens with zero attached hydrogens (tertiary/aromatic N) is 9. The lowest BCUT2D eigenvalue weighted by atomic mass is 9.89. The number of fused-ring (bicyclic) bond motifs is 4. The van der Waals surface area contributed by atoms with E-state index in [4.69, 9.17) is 4.98 Å². The zero-order valence-corrected chi connectivity index (χ0v) is 43.7. The molecule has 4 saturated heterocycles. The highest BCUT2D eigenvalue weighted by atomic mass is 32.1. The molecular formula is C55H65N11O8S.